The van der Waals surface area contributed by atoms with Gasteiger partial charge in [0.1, 0.15) is 6.04 Å². The Labute approximate surface area is 140 Å². The first-order valence-electron chi connectivity index (χ1n) is 8.18. The summed E-state index contributed by atoms with van der Waals surface area (Å²) in [5, 5.41) is 7.22. The number of nitrogens with zero attached hydrogens (tertiary/aromatic N) is 3. The number of nitrogens with one attached hydrogen (secondary N) is 1. The van der Waals surface area contributed by atoms with Crippen LogP contribution in [0.2, 0.25) is 0 Å². The molecule has 0 aromatic carbocycles. The SMILES string of the molecule is Cc1cc(CN(C(=O)c2ccco2)[C@H]2CCCCNC2=O)n(C)n1. The largest absolute Gasteiger partial charge is 0.459 e. The summed E-state index contributed by atoms with van der Waals surface area (Å²) in [5.74, 6) is -0.141. The van der Waals surface area contributed by atoms with Crippen molar-refractivity contribution in [2.24, 2.45) is 7.05 Å². The van der Waals surface area contributed by atoms with E-state index in [0.29, 0.717) is 19.5 Å². The molecular formula is C17H22N4O3. The fourth-order valence-corrected chi connectivity index (χ4v) is 3.07. The minimum absolute atomic E-state index is 0.105. The average molecular weight is 330 g/mol. The summed E-state index contributed by atoms with van der Waals surface area (Å²) in [7, 11) is 1.84. The van der Waals surface area contributed by atoms with Gasteiger partial charge in [-0.1, -0.05) is 0 Å². The molecule has 2 aromatic rings. The van der Waals surface area contributed by atoms with Crippen LogP contribution < -0.4 is 5.32 Å². The van der Waals surface area contributed by atoms with Crippen molar-refractivity contribution in [2.45, 2.75) is 38.8 Å². The molecule has 1 fully saturated rings. The summed E-state index contributed by atoms with van der Waals surface area (Å²) in [5.41, 5.74) is 1.76. The van der Waals surface area contributed by atoms with Crippen LogP contribution in [0.3, 0.4) is 0 Å². The number of hydrogen-bond donors (Lipinski definition) is 1. The van der Waals surface area contributed by atoms with Crippen LogP contribution in [-0.4, -0.2) is 39.1 Å². The maximum atomic E-state index is 12.9. The van der Waals surface area contributed by atoms with Gasteiger partial charge in [-0.25, -0.2) is 0 Å². The van der Waals surface area contributed by atoms with E-state index in [1.54, 1.807) is 21.7 Å². The lowest BCUT2D eigenvalue weighted by molar-refractivity contribution is -0.125. The molecule has 3 rings (SSSR count). The second kappa shape index (κ2) is 6.90. The molecule has 0 aliphatic carbocycles. The van der Waals surface area contributed by atoms with Gasteiger partial charge in [-0.15, -0.1) is 0 Å². The van der Waals surface area contributed by atoms with Crippen molar-refractivity contribution in [2.75, 3.05) is 6.54 Å². The lowest BCUT2D eigenvalue weighted by Crippen LogP contribution is -2.48. The Hall–Kier alpha value is -2.57. The van der Waals surface area contributed by atoms with Gasteiger partial charge in [-0.3, -0.25) is 14.3 Å². The monoisotopic (exact) mass is 330 g/mol. The van der Waals surface area contributed by atoms with Crippen LogP contribution >= 0.6 is 0 Å². The molecule has 24 heavy (non-hydrogen) atoms. The van der Waals surface area contributed by atoms with Gasteiger partial charge in [-0.2, -0.15) is 5.10 Å². The molecule has 0 radical (unpaired) electrons. The molecule has 0 spiro atoms. The lowest BCUT2D eigenvalue weighted by Gasteiger charge is -2.29. The third-order valence-electron chi connectivity index (χ3n) is 4.31. The first-order valence-corrected chi connectivity index (χ1v) is 8.18. The number of carbonyl (C=O) groups excluding carboxylic acids is 2. The van der Waals surface area contributed by atoms with Crippen molar-refractivity contribution >= 4 is 11.8 Å². The number of furan rings is 1. The van der Waals surface area contributed by atoms with E-state index in [4.69, 9.17) is 4.42 Å². The Morgan fingerprint density at radius 2 is 2.33 bits per heavy atom. The van der Waals surface area contributed by atoms with Crippen molar-refractivity contribution in [3.05, 3.63) is 41.6 Å². The fourth-order valence-electron chi connectivity index (χ4n) is 3.07. The molecule has 2 amide bonds. The Kier molecular flexibility index (Phi) is 4.69. The maximum Gasteiger partial charge on any atom is 0.290 e. The minimum Gasteiger partial charge on any atom is -0.459 e. The standard InChI is InChI=1S/C17H22N4O3/c1-12-10-13(20(2)19-12)11-21(17(23)15-7-5-9-24-15)14-6-3-4-8-18-16(14)22/h5,7,9-10,14H,3-4,6,8,11H2,1-2H3,(H,18,22)/t14-/m0/s1. The van der Waals surface area contributed by atoms with Gasteiger partial charge in [0.15, 0.2) is 5.76 Å². The maximum absolute atomic E-state index is 12.9. The first-order chi connectivity index (χ1) is 11.6. The van der Waals surface area contributed by atoms with Crippen LogP contribution in [0.15, 0.2) is 28.9 Å². The number of rotatable bonds is 4. The average Bonchev–Trinajstić information content (AvgIpc) is 3.13. The van der Waals surface area contributed by atoms with E-state index >= 15 is 0 Å². The zero-order valence-corrected chi connectivity index (χ0v) is 14.0. The van der Waals surface area contributed by atoms with Gasteiger partial charge in [0.25, 0.3) is 5.91 Å². The molecule has 2 aromatic heterocycles. The van der Waals surface area contributed by atoms with E-state index in [1.165, 1.54) is 6.26 Å². The fraction of sp³-hybridized carbons (Fsp3) is 0.471. The van der Waals surface area contributed by atoms with E-state index in [1.807, 2.05) is 20.0 Å². The smallest absolute Gasteiger partial charge is 0.290 e. The number of hydrogen-bond acceptors (Lipinski definition) is 4. The molecule has 7 heteroatoms. The number of carbonyl (C=O) groups is 2. The molecule has 1 aliphatic heterocycles. The van der Waals surface area contributed by atoms with Crippen LogP contribution in [0, 0.1) is 6.92 Å². The van der Waals surface area contributed by atoms with Crippen molar-refractivity contribution in [1.29, 1.82) is 0 Å². The molecule has 1 aliphatic rings. The number of aryl methyl sites for hydroxylation is 2. The van der Waals surface area contributed by atoms with E-state index in [0.717, 1.165) is 24.2 Å². The van der Waals surface area contributed by atoms with E-state index in [-0.39, 0.29) is 17.6 Å². The molecule has 1 N–H and O–H groups in total. The quantitative estimate of drug-likeness (QED) is 0.924. The molecule has 0 bridgehead atoms. The van der Waals surface area contributed by atoms with Crippen molar-refractivity contribution < 1.29 is 14.0 Å². The van der Waals surface area contributed by atoms with E-state index in [9.17, 15) is 9.59 Å². The second-order valence-corrected chi connectivity index (χ2v) is 6.11. The van der Waals surface area contributed by atoms with Gasteiger partial charge >= 0.3 is 0 Å². The van der Waals surface area contributed by atoms with Gasteiger partial charge in [0, 0.05) is 13.6 Å². The Bertz CT molecular complexity index is 720. The Morgan fingerprint density at radius 1 is 1.50 bits per heavy atom. The zero-order chi connectivity index (χ0) is 17.1. The zero-order valence-electron chi connectivity index (χ0n) is 14.0. The molecular weight excluding hydrogens is 308 g/mol. The highest BCUT2D eigenvalue weighted by molar-refractivity contribution is 5.95. The highest BCUT2D eigenvalue weighted by Gasteiger charge is 2.33. The van der Waals surface area contributed by atoms with E-state index < -0.39 is 6.04 Å². The Balaban J connectivity index is 1.92. The topological polar surface area (TPSA) is 80.4 Å². The molecule has 3 heterocycles. The third kappa shape index (κ3) is 3.34. The highest BCUT2D eigenvalue weighted by Crippen LogP contribution is 2.19. The summed E-state index contributed by atoms with van der Waals surface area (Å²) in [6.07, 6.45) is 3.94. The van der Waals surface area contributed by atoms with Crippen LogP contribution in [0.25, 0.3) is 0 Å². The molecule has 1 atom stereocenters. The lowest BCUT2D eigenvalue weighted by atomic mass is 10.1. The van der Waals surface area contributed by atoms with E-state index in [2.05, 4.69) is 10.4 Å². The summed E-state index contributed by atoms with van der Waals surface area (Å²) in [6, 6.07) is 4.72. The molecule has 128 valence electrons. The summed E-state index contributed by atoms with van der Waals surface area (Å²) in [4.78, 5) is 27.0. The second-order valence-electron chi connectivity index (χ2n) is 6.11. The predicted octanol–water partition coefficient (Wildman–Crippen LogP) is 1.63. The van der Waals surface area contributed by atoms with Crippen LogP contribution in [0.4, 0.5) is 0 Å². The molecule has 0 saturated carbocycles. The molecule has 1 saturated heterocycles. The van der Waals surface area contributed by atoms with Crippen molar-refractivity contribution in [3.63, 3.8) is 0 Å². The normalized spacial score (nSPS) is 18.1. The third-order valence-corrected chi connectivity index (χ3v) is 4.31. The van der Waals surface area contributed by atoms with Crippen molar-refractivity contribution in [3.8, 4) is 0 Å². The van der Waals surface area contributed by atoms with Crippen LogP contribution in [0.5, 0.6) is 0 Å². The Morgan fingerprint density at radius 3 is 3.00 bits per heavy atom. The summed E-state index contributed by atoms with van der Waals surface area (Å²) < 4.78 is 7.00. The van der Waals surface area contributed by atoms with Crippen LogP contribution in [0.1, 0.15) is 41.2 Å². The minimum atomic E-state index is -0.500. The van der Waals surface area contributed by atoms with Gasteiger partial charge < -0.3 is 14.6 Å². The molecule has 7 nitrogen and oxygen atoms in total. The van der Waals surface area contributed by atoms with Gasteiger partial charge in [-0.05, 0) is 44.4 Å². The number of amides is 2. The summed E-state index contributed by atoms with van der Waals surface area (Å²) in [6.45, 7) is 2.87. The van der Waals surface area contributed by atoms with Gasteiger partial charge in [0.2, 0.25) is 5.91 Å². The van der Waals surface area contributed by atoms with Gasteiger partial charge in [0.05, 0.1) is 24.2 Å². The highest BCUT2D eigenvalue weighted by atomic mass is 16.3. The number of aromatic nitrogens is 2. The first kappa shape index (κ1) is 16.3. The summed E-state index contributed by atoms with van der Waals surface area (Å²) >= 11 is 0. The predicted molar refractivity (Wildman–Crippen MR) is 87.2 cm³/mol. The molecule has 0 unspecified atom stereocenters. The van der Waals surface area contributed by atoms with Crippen LogP contribution in [-0.2, 0) is 18.4 Å². The van der Waals surface area contributed by atoms with Crippen molar-refractivity contribution in [1.82, 2.24) is 20.0 Å².